The summed E-state index contributed by atoms with van der Waals surface area (Å²) in [5, 5.41) is 11.4. The van der Waals surface area contributed by atoms with Crippen molar-refractivity contribution >= 4 is 6.21 Å². The van der Waals surface area contributed by atoms with Crippen molar-refractivity contribution in [1.29, 1.82) is 0 Å². The standard InChI is InChI=1S/C18H31NO/c1-15(2)9-7-10-17(5)11-8-12-18(6)13-14-19(20)16(3)4/h9,11,13-14,16H,7-8,10,12H2,1-6H3. The second kappa shape index (κ2) is 10.5. The molecule has 0 rings (SSSR count). The molecule has 0 N–H and O–H groups in total. The van der Waals surface area contributed by atoms with E-state index in [1.807, 2.05) is 19.9 Å². The quantitative estimate of drug-likeness (QED) is 0.192. The Kier molecular flexibility index (Phi) is 9.79. The van der Waals surface area contributed by atoms with E-state index < -0.39 is 0 Å². The van der Waals surface area contributed by atoms with Crippen LogP contribution in [0.3, 0.4) is 0 Å². The number of rotatable bonds is 8. The lowest BCUT2D eigenvalue weighted by atomic mass is 10.1. The summed E-state index contributed by atoms with van der Waals surface area (Å²) in [6, 6.07) is 0.0104. The zero-order chi connectivity index (χ0) is 15.5. The van der Waals surface area contributed by atoms with Crippen LogP contribution in [0, 0.1) is 5.21 Å². The van der Waals surface area contributed by atoms with Crippen molar-refractivity contribution in [3.63, 3.8) is 0 Å². The molecule has 0 unspecified atom stereocenters. The second-order valence-electron chi connectivity index (χ2n) is 6.03. The van der Waals surface area contributed by atoms with E-state index in [-0.39, 0.29) is 6.04 Å². The lowest BCUT2D eigenvalue weighted by molar-refractivity contribution is -0.486. The lowest BCUT2D eigenvalue weighted by Gasteiger charge is -2.05. The maximum absolute atomic E-state index is 11.4. The number of hydroxylamine groups is 1. The van der Waals surface area contributed by atoms with E-state index in [1.165, 1.54) is 16.7 Å². The SMILES string of the molecule is CC(C)=CCCC(C)=CCCC(C)=CC=[N+]([O-])C(C)C. The van der Waals surface area contributed by atoms with Crippen molar-refractivity contribution in [2.75, 3.05) is 0 Å². The summed E-state index contributed by atoms with van der Waals surface area (Å²) in [4.78, 5) is 0. The summed E-state index contributed by atoms with van der Waals surface area (Å²) in [7, 11) is 0. The number of hydrogen-bond acceptors (Lipinski definition) is 1. The third-order valence-electron chi connectivity index (χ3n) is 3.14. The van der Waals surface area contributed by atoms with E-state index in [9.17, 15) is 5.21 Å². The van der Waals surface area contributed by atoms with Crippen LogP contribution in [0.4, 0.5) is 0 Å². The first-order valence-electron chi connectivity index (χ1n) is 7.58. The molecule has 0 saturated heterocycles. The number of nitrogens with zero attached hydrogens (tertiary/aromatic N) is 1. The predicted octanol–water partition coefficient (Wildman–Crippen LogP) is 5.40. The minimum atomic E-state index is 0.0104. The van der Waals surface area contributed by atoms with Gasteiger partial charge in [0.25, 0.3) is 0 Å². The van der Waals surface area contributed by atoms with Crippen LogP contribution >= 0.6 is 0 Å². The topological polar surface area (TPSA) is 26.1 Å². The van der Waals surface area contributed by atoms with Gasteiger partial charge in [-0.3, -0.25) is 0 Å². The smallest absolute Gasteiger partial charge is 0.174 e. The highest BCUT2D eigenvalue weighted by Crippen LogP contribution is 2.11. The van der Waals surface area contributed by atoms with Crippen molar-refractivity contribution < 1.29 is 4.74 Å². The predicted molar refractivity (Wildman–Crippen MR) is 90.2 cm³/mol. The molecule has 20 heavy (non-hydrogen) atoms. The first-order valence-corrected chi connectivity index (χ1v) is 7.58. The molecule has 2 heteroatoms. The first-order chi connectivity index (χ1) is 9.32. The zero-order valence-corrected chi connectivity index (χ0v) is 14.1. The molecule has 0 aliphatic rings. The summed E-state index contributed by atoms with van der Waals surface area (Å²) < 4.78 is 0.990. The Bertz CT molecular complexity index is 394. The normalized spacial score (nSPS) is 13.8. The van der Waals surface area contributed by atoms with E-state index in [1.54, 1.807) is 6.21 Å². The van der Waals surface area contributed by atoms with Gasteiger partial charge in [0.15, 0.2) is 12.3 Å². The Balaban J connectivity index is 4.12. The summed E-state index contributed by atoms with van der Waals surface area (Å²) in [5.74, 6) is 0. The van der Waals surface area contributed by atoms with Crippen LogP contribution in [0.2, 0.25) is 0 Å². The molecule has 0 saturated carbocycles. The van der Waals surface area contributed by atoms with Gasteiger partial charge < -0.3 is 5.21 Å². The fraction of sp³-hybridized carbons (Fsp3) is 0.611. The van der Waals surface area contributed by atoms with Gasteiger partial charge in [-0.1, -0.05) is 28.9 Å². The third kappa shape index (κ3) is 10.6. The summed E-state index contributed by atoms with van der Waals surface area (Å²) >= 11 is 0. The van der Waals surface area contributed by atoms with Crippen LogP contribution < -0.4 is 0 Å². The molecule has 0 spiro atoms. The minimum absolute atomic E-state index is 0.0104. The third-order valence-corrected chi connectivity index (χ3v) is 3.14. The molecular formula is C18H31NO. The summed E-state index contributed by atoms with van der Waals surface area (Å²) in [6.45, 7) is 12.3. The summed E-state index contributed by atoms with van der Waals surface area (Å²) in [6.07, 6.45) is 12.5. The first kappa shape index (κ1) is 18.7. The van der Waals surface area contributed by atoms with Gasteiger partial charge in [-0.25, -0.2) is 4.74 Å². The van der Waals surface area contributed by atoms with Gasteiger partial charge in [0.05, 0.1) is 0 Å². The fourth-order valence-corrected chi connectivity index (χ4v) is 1.69. The van der Waals surface area contributed by atoms with Crippen molar-refractivity contribution in [2.24, 2.45) is 0 Å². The highest BCUT2D eigenvalue weighted by Gasteiger charge is 1.97. The Labute approximate surface area is 125 Å². The van der Waals surface area contributed by atoms with Gasteiger partial charge in [0, 0.05) is 6.08 Å². The molecule has 0 atom stereocenters. The van der Waals surface area contributed by atoms with Crippen LogP contribution in [-0.2, 0) is 0 Å². The maximum atomic E-state index is 11.4. The fourth-order valence-electron chi connectivity index (χ4n) is 1.69. The molecule has 0 fully saturated rings. The van der Waals surface area contributed by atoms with Crippen molar-refractivity contribution in [3.05, 3.63) is 40.2 Å². The van der Waals surface area contributed by atoms with Gasteiger partial charge in [-0.05, 0) is 67.2 Å². The highest BCUT2D eigenvalue weighted by molar-refractivity contribution is 5.67. The van der Waals surface area contributed by atoms with Gasteiger partial charge >= 0.3 is 0 Å². The molecular weight excluding hydrogens is 246 g/mol. The van der Waals surface area contributed by atoms with Crippen LogP contribution in [0.1, 0.15) is 67.2 Å². The van der Waals surface area contributed by atoms with Gasteiger partial charge in [-0.15, -0.1) is 0 Å². The summed E-state index contributed by atoms with van der Waals surface area (Å²) in [5.41, 5.74) is 4.09. The van der Waals surface area contributed by atoms with Crippen molar-refractivity contribution in [1.82, 2.24) is 0 Å². The van der Waals surface area contributed by atoms with E-state index >= 15 is 0 Å². The lowest BCUT2D eigenvalue weighted by Crippen LogP contribution is -2.13. The molecule has 0 aliphatic heterocycles. The van der Waals surface area contributed by atoms with Gasteiger partial charge in [0.2, 0.25) is 0 Å². The molecule has 0 radical (unpaired) electrons. The molecule has 2 nitrogen and oxygen atoms in total. The molecule has 0 heterocycles. The monoisotopic (exact) mass is 277 g/mol. The van der Waals surface area contributed by atoms with Crippen LogP contribution in [-0.4, -0.2) is 17.0 Å². The zero-order valence-electron chi connectivity index (χ0n) is 14.1. The molecule has 0 aromatic carbocycles. The molecule has 0 aliphatic carbocycles. The van der Waals surface area contributed by atoms with E-state index in [4.69, 9.17) is 0 Å². The van der Waals surface area contributed by atoms with Crippen LogP contribution in [0.15, 0.2) is 34.9 Å². The average molecular weight is 277 g/mol. The van der Waals surface area contributed by atoms with Crippen molar-refractivity contribution in [3.8, 4) is 0 Å². The molecule has 0 aromatic heterocycles. The molecule has 0 bridgehead atoms. The van der Waals surface area contributed by atoms with Gasteiger partial charge in [-0.2, -0.15) is 0 Å². The average Bonchev–Trinajstić information content (AvgIpc) is 2.35. The molecule has 114 valence electrons. The van der Waals surface area contributed by atoms with E-state index in [0.717, 1.165) is 30.4 Å². The Hall–Kier alpha value is -1.31. The maximum Gasteiger partial charge on any atom is 0.174 e. The Morgan fingerprint density at radius 3 is 2.05 bits per heavy atom. The highest BCUT2D eigenvalue weighted by atomic mass is 16.5. The largest absolute Gasteiger partial charge is 0.624 e. The number of hydrogen-bond donors (Lipinski definition) is 0. The Morgan fingerprint density at radius 1 is 0.950 bits per heavy atom. The number of allylic oxidation sites excluding steroid dienone is 6. The molecule has 0 aromatic rings. The van der Waals surface area contributed by atoms with Crippen LogP contribution in [0.25, 0.3) is 0 Å². The second-order valence-corrected chi connectivity index (χ2v) is 6.03. The van der Waals surface area contributed by atoms with Gasteiger partial charge in [0.1, 0.15) is 0 Å². The minimum Gasteiger partial charge on any atom is -0.624 e. The van der Waals surface area contributed by atoms with Crippen LogP contribution in [0.5, 0.6) is 0 Å². The van der Waals surface area contributed by atoms with E-state index in [0.29, 0.717) is 0 Å². The molecule has 0 amide bonds. The Morgan fingerprint density at radius 2 is 1.50 bits per heavy atom. The van der Waals surface area contributed by atoms with Crippen molar-refractivity contribution in [2.45, 2.75) is 73.3 Å². The van der Waals surface area contributed by atoms with E-state index in [2.05, 4.69) is 39.8 Å².